The molecule has 1 aromatic heterocycles. The molecule has 1 aromatic carbocycles. The second-order valence-electron chi connectivity index (χ2n) is 8.68. The lowest BCUT2D eigenvalue weighted by molar-refractivity contribution is -0.128. The summed E-state index contributed by atoms with van der Waals surface area (Å²) >= 11 is 0. The number of nitrogens with one attached hydrogen (secondary N) is 3. The van der Waals surface area contributed by atoms with Crippen LogP contribution in [0.2, 0.25) is 0 Å². The van der Waals surface area contributed by atoms with Crippen LogP contribution in [0, 0.1) is 23.2 Å². The number of hydrogen-bond acceptors (Lipinski definition) is 7. The van der Waals surface area contributed by atoms with Crippen molar-refractivity contribution in [3.8, 4) is 6.07 Å². The number of amides is 1. The number of aromatic nitrogens is 3. The van der Waals surface area contributed by atoms with Gasteiger partial charge in [-0.3, -0.25) is 4.79 Å². The third-order valence-electron chi connectivity index (χ3n) is 6.75. The van der Waals surface area contributed by atoms with E-state index >= 15 is 0 Å². The van der Waals surface area contributed by atoms with Gasteiger partial charge in [0, 0.05) is 24.3 Å². The number of carbonyl (C=O) groups is 1. The van der Waals surface area contributed by atoms with Gasteiger partial charge in [-0.25, -0.2) is 10.4 Å². The quantitative estimate of drug-likeness (QED) is 0.672. The van der Waals surface area contributed by atoms with E-state index in [-0.39, 0.29) is 36.0 Å². The van der Waals surface area contributed by atoms with Gasteiger partial charge in [0.1, 0.15) is 6.17 Å². The molecule has 3 unspecified atom stereocenters. The first kappa shape index (κ1) is 20.0. The van der Waals surface area contributed by atoms with Crippen molar-refractivity contribution in [2.24, 2.45) is 11.8 Å². The molecule has 0 spiro atoms. The van der Waals surface area contributed by atoms with Crippen molar-refractivity contribution in [3.05, 3.63) is 42.2 Å². The number of anilines is 1. The molecule has 3 fully saturated rings. The van der Waals surface area contributed by atoms with E-state index in [4.69, 9.17) is 0 Å². The maximum absolute atomic E-state index is 12.8. The number of rotatable bonds is 5. The Kier molecular flexibility index (Phi) is 5.57. The van der Waals surface area contributed by atoms with Gasteiger partial charge in [-0.05, 0) is 37.0 Å². The number of nitriles is 1. The molecule has 162 valence electrons. The topological polar surface area (TPSA) is 111 Å². The van der Waals surface area contributed by atoms with Crippen LogP contribution < -0.4 is 16.1 Å². The Hall–Kier alpha value is -2.96. The second kappa shape index (κ2) is 8.65. The van der Waals surface area contributed by atoms with Gasteiger partial charge < -0.3 is 10.6 Å². The summed E-state index contributed by atoms with van der Waals surface area (Å²) in [7, 11) is 0. The number of carbonyl (C=O) groups excluding carboxylic acids is 1. The number of hydrogen-bond donors (Lipinski definition) is 3. The van der Waals surface area contributed by atoms with Crippen LogP contribution in [0.15, 0.2) is 36.7 Å². The van der Waals surface area contributed by atoms with Gasteiger partial charge in [-0.2, -0.15) is 20.3 Å². The zero-order valence-corrected chi connectivity index (χ0v) is 17.4. The molecule has 5 atom stereocenters. The van der Waals surface area contributed by atoms with Gasteiger partial charge >= 0.3 is 0 Å². The van der Waals surface area contributed by atoms with Crippen molar-refractivity contribution in [1.29, 1.82) is 5.26 Å². The molecule has 3 N–H and O–H groups in total. The Labute approximate surface area is 181 Å². The smallest absolute Gasteiger partial charge is 0.228 e. The fraction of sp³-hybridized carbons (Fsp3) is 0.545. The van der Waals surface area contributed by atoms with Gasteiger partial charge in [-0.1, -0.05) is 25.0 Å². The van der Waals surface area contributed by atoms with E-state index in [1.54, 1.807) is 17.2 Å². The normalized spacial score (nSPS) is 30.9. The van der Waals surface area contributed by atoms with Gasteiger partial charge in [0.2, 0.25) is 5.91 Å². The monoisotopic (exact) mass is 420 g/mol. The molecule has 1 aliphatic carbocycles. The largest absolute Gasteiger partial charge is 0.368 e. The molecule has 0 bridgehead atoms. The van der Waals surface area contributed by atoms with E-state index in [1.807, 2.05) is 18.2 Å². The minimum Gasteiger partial charge on any atom is -0.368 e. The van der Waals surface area contributed by atoms with Crippen molar-refractivity contribution in [2.45, 2.75) is 56.9 Å². The summed E-state index contributed by atoms with van der Waals surface area (Å²) < 4.78 is 0. The molecule has 2 aromatic rings. The Bertz CT molecular complexity index is 955. The van der Waals surface area contributed by atoms with Gasteiger partial charge in [0.15, 0.2) is 0 Å². The van der Waals surface area contributed by atoms with E-state index in [9.17, 15) is 10.1 Å². The van der Waals surface area contributed by atoms with Crippen LogP contribution in [-0.4, -0.2) is 50.7 Å². The molecule has 1 saturated carbocycles. The van der Waals surface area contributed by atoms with E-state index in [2.05, 4.69) is 43.4 Å². The fourth-order valence-electron chi connectivity index (χ4n) is 5.32. The average Bonchev–Trinajstić information content (AvgIpc) is 3.43. The number of piperidine rings is 1. The SMILES string of the molecule is N#C[C@H]1CCCC[C@@H]1N1NC(Nc2cccc(Cn3nccn3)c2)C2C(=O)NCCC21. The summed E-state index contributed by atoms with van der Waals surface area (Å²) in [5.41, 5.74) is 5.62. The van der Waals surface area contributed by atoms with Crippen molar-refractivity contribution in [3.63, 3.8) is 0 Å². The highest BCUT2D eigenvalue weighted by atomic mass is 16.2. The number of benzene rings is 1. The maximum atomic E-state index is 12.8. The molecule has 31 heavy (non-hydrogen) atoms. The number of nitrogens with zero attached hydrogens (tertiary/aromatic N) is 5. The van der Waals surface area contributed by atoms with Crippen LogP contribution in [0.25, 0.3) is 0 Å². The third-order valence-corrected chi connectivity index (χ3v) is 6.75. The van der Waals surface area contributed by atoms with Crippen molar-refractivity contribution in [2.75, 3.05) is 11.9 Å². The summed E-state index contributed by atoms with van der Waals surface area (Å²) in [6.07, 6.45) is 8.18. The summed E-state index contributed by atoms with van der Waals surface area (Å²) in [6.45, 7) is 1.27. The van der Waals surface area contributed by atoms with Crippen LogP contribution in [0.5, 0.6) is 0 Å². The summed E-state index contributed by atoms with van der Waals surface area (Å²) in [4.78, 5) is 14.5. The lowest BCUT2D eigenvalue weighted by atomic mass is 9.83. The molecule has 2 aliphatic heterocycles. The zero-order chi connectivity index (χ0) is 21.2. The highest BCUT2D eigenvalue weighted by molar-refractivity contribution is 5.82. The van der Waals surface area contributed by atoms with Crippen LogP contribution in [0.3, 0.4) is 0 Å². The predicted molar refractivity (Wildman–Crippen MR) is 114 cm³/mol. The first-order valence-electron chi connectivity index (χ1n) is 11.1. The Morgan fingerprint density at radius 2 is 2.00 bits per heavy atom. The third kappa shape index (κ3) is 4.01. The van der Waals surface area contributed by atoms with E-state index in [1.165, 1.54) is 0 Å². The van der Waals surface area contributed by atoms with Gasteiger partial charge in [0.25, 0.3) is 0 Å². The Morgan fingerprint density at radius 1 is 1.16 bits per heavy atom. The molecule has 5 rings (SSSR count). The zero-order valence-electron chi connectivity index (χ0n) is 17.4. The highest BCUT2D eigenvalue weighted by Gasteiger charge is 2.51. The van der Waals surface area contributed by atoms with Crippen LogP contribution >= 0.6 is 0 Å². The van der Waals surface area contributed by atoms with Crippen LogP contribution in [-0.2, 0) is 11.3 Å². The molecular formula is C22H28N8O. The molecule has 2 saturated heterocycles. The minimum atomic E-state index is -0.218. The lowest BCUT2D eigenvalue weighted by Crippen LogP contribution is -2.54. The molecule has 0 radical (unpaired) electrons. The van der Waals surface area contributed by atoms with Crippen molar-refractivity contribution in [1.82, 2.24) is 30.7 Å². The second-order valence-corrected chi connectivity index (χ2v) is 8.68. The molecule has 3 heterocycles. The molecule has 9 nitrogen and oxygen atoms in total. The fourth-order valence-corrected chi connectivity index (χ4v) is 5.32. The summed E-state index contributed by atoms with van der Waals surface area (Å²) in [5.74, 6) is -0.119. The Balaban J connectivity index is 1.36. The van der Waals surface area contributed by atoms with Crippen molar-refractivity contribution < 1.29 is 4.79 Å². The van der Waals surface area contributed by atoms with E-state index in [0.29, 0.717) is 13.1 Å². The van der Waals surface area contributed by atoms with Crippen LogP contribution in [0.1, 0.15) is 37.7 Å². The molecule has 3 aliphatic rings. The van der Waals surface area contributed by atoms with Gasteiger partial charge in [-0.15, -0.1) is 0 Å². The summed E-state index contributed by atoms with van der Waals surface area (Å²) in [5, 5.41) is 26.9. The highest BCUT2D eigenvalue weighted by Crippen LogP contribution is 2.36. The lowest BCUT2D eigenvalue weighted by Gasteiger charge is -2.39. The number of fused-ring (bicyclic) bond motifs is 1. The first-order chi connectivity index (χ1) is 15.2. The van der Waals surface area contributed by atoms with E-state index < -0.39 is 0 Å². The first-order valence-corrected chi connectivity index (χ1v) is 11.1. The van der Waals surface area contributed by atoms with E-state index in [0.717, 1.165) is 43.4 Å². The maximum Gasteiger partial charge on any atom is 0.228 e. The summed E-state index contributed by atoms with van der Waals surface area (Å²) in [6, 6.07) is 10.9. The molecular weight excluding hydrogens is 392 g/mol. The average molecular weight is 421 g/mol. The minimum absolute atomic E-state index is 0.00976. The predicted octanol–water partition coefficient (Wildman–Crippen LogP) is 1.47. The van der Waals surface area contributed by atoms with Gasteiger partial charge in [0.05, 0.1) is 36.8 Å². The van der Waals surface area contributed by atoms with Crippen LogP contribution in [0.4, 0.5) is 5.69 Å². The Morgan fingerprint density at radius 3 is 2.84 bits per heavy atom. The van der Waals surface area contributed by atoms with Crippen molar-refractivity contribution >= 4 is 11.6 Å². The standard InChI is InChI=1S/C22H28N8O/c23-13-16-5-1-2-7-18(16)30-19-8-9-24-22(31)20(19)21(28-30)27-17-6-3-4-15(12-17)14-29-25-10-11-26-29/h3-4,6,10-12,16,18-21,27-28H,1-2,5,7-9,14H2,(H,24,31)/t16-,18+,19?,20?,21?/m1/s1. The molecule has 1 amide bonds. The number of hydrazine groups is 1. The molecule has 9 heteroatoms.